The van der Waals surface area contributed by atoms with Crippen molar-refractivity contribution in [3.05, 3.63) is 58.9 Å². The Bertz CT molecular complexity index is 875. The Labute approximate surface area is 172 Å². The number of esters is 1. The first kappa shape index (κ1) is 19.7. The number of benzene rings is 1. The Balaban J connectivity index is 1.25. The molecule has 1 amide bonds. The van der Waals surface area contributed by atoms with Crippen LogP contribution in [-0.2, 0) is 16.0 Å². The lowest BCUT2D eigenvalue weighted by Gasteiger charge is -2.32. The van der Waals surface area contributed by atoms with Crippen molar-refractivity contribution < 1.29 is 14.3 Å². The quantitative estimate of drug-likeness (QED) is 0.694. The second kappa shape index (κ2) is 8.44. The zero-order valence-electron chi connectivity index (χ0n) is 17.4. The van der Waals surface area contributed by atoms with Crippen LogP contribution in [0.4, 0.5) is 0 Å². The summed E-state index contributed by atoms with van der Waals surface area (Å²) in [6.07, 6.45) is 5.40. The summed E-state index contributed by atoms with van der Waals surface area (Å²) in [6.45, 7) is 5.29. The fourth-order valence-electron chi connectivity index (χ4n) is 4.51. The standard InChI is InChI=1S/C24H30N2O3/c1-17-14-22(18(2)26(17)21-8-9-21)24(28)29-16-23(27)25-12-10-20(11-13-25)15-19-6-4-3-5-7-19/h3-7,14,20-21H,8-13,15-16H2,1-2H3. The van der Waals surface area contributed by atoms with E-state index in [1.54, 1.807) is 0 Å². The summed E-state index contributed by atoms with van der Waals surface area (Å²) in [4.78, 5) is 26.9. The third-order valence-corrected chi connectivity index (χ3v) is 6.28. The molecule has 2 heterocycles. The van der Waals surface area contributed by atoms with Gasteiger partial charge in [0.2, 0.25) is 0 Å². The number of rotatable bonds is 6. The van der Waals surface area contributed by atoms with Gasteiger partial charge in [0.1, 0.15) is 0 Å². The molecule has 5 heteroatoms. The van der Waals surface area contributed by atoms with E-state index >= 15 is 0 Å². The molecule has 2 fully saturated rings. The van der Waals surface area contributed by atoms with Crippen molar-refractivity contribution in [2.24, 2.45) is 5.92 Å². The molecule has 0 radical (unpaired) electrons. The minimum absolute atomic E-state index is 0.0903. The summed E-state index contributed by atoms with van der Waals surface area (Å²) < 4.78 is 7.59. The van der Waals surface area contributed by atoms with Gasteiger partial charge in [-0.2, -0.15) is 0 Å². The zero-order valence-corrected chi connectivity index (χ0v) is 17.4. The van der Waals surface area contributed by atoms with Gasteiger partial charge in [-0.15, -0.1) is 0 Å². The Morgan fingerprint density at radius 2 is 1.72 bits per heavy atom. The lowest BCUT2D eigenvalue weighted by atomic mass is 9.90. The fourth-order valence-corrected chi connectivity index (χ4v) is 4.51. The number of amides is 1. The van der Waals surface area contributed by atoms with Crippen molar-refractivity contribution in [2.75, 3.05) is 19.7 Å². The highest BCUT2D eigenvalue weighted by atomic mass is 16.5. The number of hydrogen-bond donors (Lipinski definition) is 0. The second-order valence-electron chi connectivity index (χ2n) is 8.48. The SMILES string of the molecule is Cc1cc(C(=O)OCC(=O)N2CCC(Cc3ccccc3)CC2)c(C)n1C1CC1. The van der Waals surface area contributed by atoms with Gasteiger partial charge < -0.3 is 14.2 Å². The molecule has 1 saturated carbocycles. The molecule has 4 rings (SSSR count). The minimum atomic E-state index is -0.391. The van der Waals surface area contributed by atoms with E-state index in [2.05, 4.69) is 28.8 Å². The summed E-state index contributed by atoms with van der Waals surface area (Å²) in [6, 6.07) is 12.9. The van der Waals surface area contributed by atoms with Gasteiger partial charge in [-0.3, -0.25) is 4.79 Å². The van der Waals surface area contributed by atoms with Crippen molar-refractivity contribution in [3.8, 4) is 0 Å². The Hall–Kier alpha value is -2.56. The lowest BCUT2D eigenvalue weighted by Crippen LogP contribution is -2.41. The molecule has 1 aromatic heterocycles. The average molecular weight is 395 g/mol. The van der Waals surface area contributed by atoms with Gasteiger partial charge in [0.15, 0.2) is 6.61 Å². The molecular formula is C24H30N2O3. The molecule has 0 atom stereocenters. The van der Waals surface area contributed by atoms with E-state index in [4.69, 9.17) is 4.74 Å². The minimum Gasteiger partial charge on any atom is -0.452 e. The van der Waals surface area contributed by atoms with E-state index in [0.29, 0.717) is 17.5 Å². The molecule has 2 aliphatic rings. The van der Waals surface area contributed by atoms with E-state index in [1.165, 1.54) is 18.4 Å². The molecule has 29 heavy (non-hydrogen) atoms. The van der Waals surface area contributed by atoms with Gasteiger partial charge in [0.05, 0.1) is 5.56 Å². The molecule has 154 valence electrons. The lowest BCUT2D eigenvalue weighted by molar-refractivity contribution is -0.135. The molecule has 0 bridgehead atoms. The Morgan fingerprint density at radius 1 is 1.03 bits per heavy atom. The molecule has 1 aliphatic heterocycles. The summed E-state index contributed by atoms with van der Waals surface area (Å²) in [5, 5.41) is 0. The smallest absolute Gasteiger partial charge is 0.340 e. The van der Waals surface area contributed by atoms with Gasteiger partial charge >= 0.3 is 5.97 Å². The number of aryl methyl sites for hydroxylation is 1. The van der Waals surface area contributed by atoms with Crippen LogP contribution in [0.3, 0.4) is 0 Å². The molecule has 0 unspecified atom stereocenters. The van der Waals surface area contributed by atoms with E-state index in [0.717, 1.165) is 43.7 Å². The first-order valence-electron chi connectivity index (χ1n) is 10.7. The largest absolute Gasteiger partial charge is 0.452 e. The van der Waals surface area contributed by atoms with E-state index in [1.807, 2.05) is 30.9 Å². The van der Waals surface area contributed by atoms with Gasteiger partial charge in [-0.25, -0.2) is 4.79 Å². The Morgan fingerprint density at radius 3 is 2.38 bits per heavy atom. The third-order valence-electron chi connectivity index (χ3n) is 6.28. The van der Waals surface area contributed by atoms with Crippen LogP contribution in [0.15, 0.2) is 36.4 Å². The van der Waals surface area contributed by atoms with Crippen LogP contribution in [0.5, 0.6) is 0 Å². The molecule has 0 spiro atoms. The predicted molar refractivity (Wildman–Crippen MR) is 112 cm³/mol. The Kier molecular flexibility index (Phi) is 5.74. The topological polar surface area (TPSA) is 51.5 Å². The van der Waals surface area contributed by atoms with Gasteiger partial charge in [-0.05, 0) is 63.5 Å². The van der Waals surface area contributed by atoms with E-state index in [-0.39, 0.29) is 12.5 Å². The van der Waals surface area contributed by atoms with Crippen molar-refractivity contribution in [1.82, 2.24) is 9.47 Å². The van der Waals surface area contributed by atoms with Gasteiger partial charge in [0.25, 0.3) is 5.91 Å². The highest BCUT2D eigenvalue weighted by Gasteiger charge is 2.29. The highest BCUT2D eigenvalue weighted by Crippen LogP contribution is 2.38. The maximum atomic E-state index is 12.5. The number of aromatic nitrogens is 1. The maximum Gasteiger partial charge on any atom is 0.340 e. The number of nitrogens with zero attached hydrogens (tertiary/aromatic N) is 2. The van der Waals surface area contributed by atoms with Crippen LogP contribution in [0.25, 0.3) is 0 Å². The molecule has 1 aromatic carbocycles. The van der Waals surface area contributed by atoms with E-state index in [9.17, 15) is 9.59 Å². The third kappa shape index (κ3) is 4.55. The van der Waals surface area contributed by atoms with Gasteiger partial charge in [0, 0.05) is 30.5 Å². The normalized spacial score (nSPS) is 17.4. The summed E-state index contributed by atoms with van der Waals surface area (Å²) in [5.41, 5.74) is 3.98. The molecule has 2 aromatic rings. The number of likely N-dealkylation sites (tertiary alicyclic amines) is 1. The number of hydrogen-bond acceptors (Lipinski definition) is 3. The summed E-state index contributed by atoms with van der Waals surface area (Å²) in [5.74, 6) is 0.127. The monoisotopic (exact) mass is 394 g/mol. The first-order valence-corrected chi connectivity index (χ1v) is 10.7. The summed E-state index contributed by atoms with van der Waals surface area (Å²) >= 11 is 0. The van der Waals surface area contributed by atoms with Crippen molar-refractivity contribution in [3.63, 3.8) is 0 Å². The zero-order chi connectivity index (χ0) is 20.4. The molecule has 1 aliphatic carbocycles. The van der Waals surface area contributed by atoms with Crippen LogP contribution in [0.1, 0.15) is 59.0 Å². The van der Waals surface area contributed by atoms with Crippen molar-refractivity contribution in [2.45, 2.75) is 52.0 Å². The predicted octanol–water partition coefficient (Wildman–Crippen LogP) is 4.08. The number of ether oxygens (including phenoxy) is 1. The maximum absolute atomic E-state index is 12.5. The van der Waals surface area contributed by atoms with Crippen molar-refractivity contribution in [1.29, 1.82) is 0 Å². The van der Waals surface area contributed by atoms with Gasteiger partial charge in [-0.1, -0.05) is 30.3 Å². The van der Waals surface area contributed by atoms with Crippen LogP contribution in [-0.4, -0.2) is 41.0 Å². The molecular weight excluding hydrogens is 364 g/mol. The average Bonchev–Trinajstić information content (AvgIpc) is 3.51. The van der Waals surface area contributed by atoms with Crippen LogP contribution in [0, 0.1) is 19.8 Å². The molecule has 1 saturated heterocycles. The number of carbonyl (C=O) groups excluding carboxylic acids is 2. The van der Waals surface area contributed by atoms with E-state index < -0.39 is 5.97 Å². The van der Waals surface area contributed by atoms with Crippen LogP contribution >= 0.6 is 0 Å². The second-order valence-corrected chi connectivity index (χ2v) is 8.48. The molecule has 5 nitrogen and oxygen atoms in total. The highest BCUT2D eigenvalue weighted by molar-refractivity contribution is 5.92. The summed E-state index contributed by atoms with van der Waals surface area (Å²) in [7, 11) is 0. The number of piperidine rings is 1. The van der Waals surface area contributed by atoms with Crippen molar-refractivity contribution >= 4 is 11.9 Å². The molecule has 0 N–H and O–H groups in total. The first-order chi connectivity index (χ1) is 14.0. The number of carbonyl (C=O) groups is 2. The van der Waals surface area contributed by atoms with Crippen LogP contribution in [0.2, 0.25) is 0 Å². The fraction of sp³-hybridized carbons (Fsp3) is 0.500. The van der Waals surface area contributed by atoms with Crippen LogP contribution < -0.4 is 0 Å².